The van der Waals surface area contributed by atoms with Gasteiger partial charge in [-0.2, -0.15) is 5.10 Å². The van der Waals surface area contributed by atoms with Gasteiger partial charge in [-0.25, -0.2) is 10.4 Å². The van der Waals surface area contributed by atoms with E-state index in [9.17, 15) is 20.0 Å². The van der Waals surface area contributed by atoms with Gasteiger partial charge in [0, 0.05) is 17.7 Å². The zero-order chi connectivity index (χ0) is 18.5. The first-order valence-corrected chi connectivity index (χ1v) is 8.23. The Hall–Kier alpha value is -3.53. The molecule has 0 aliphatic rings. The molecule has 0 saturated carbocycles. The fourth-order valence-electron chi connectivity index (χ4n) is 2.08. The van der Waals surface area contributed by atoms with Crippen molar-refractivity contribution in [3.05, 3.63) is 58.1 Å². The lowest BCUT2D eigenvalue weighted by molar-refractivity contribution is -0.384. The number of para-hydroxylation sites is 1. The number of carbonyl (C=O) groups excluding carboxylic acids is 1. The highest BCUT2D eigenvalue weighted by Gasteiger charge is 2.09. The van der Waals surface area contributed by atoms with E-state index >= 15 is 0 Å². The minimum atomic E-state index is -0.586. The number of nitrogens with zero attached hydrogens (tertiary/aromatic N) is 3. The van der Waals surface area contributed by atoms with E-state index in [0.717, 1.165) is 22.5 Å². The van der Waals surface area contributed by atoms with Crippen LogP contribution >= 0.6 is 11.3 Å². The third-order valence-electron chi connectivity index (χ3n) is 3.31. The molecule has 10 heteroatoms. The number of nitrogens with one attached hydrogen (secondary N) is 2. The normalized spacial score (nSPS) is 10.9. The molecule has 0 unspecified atom stereocenters. The highest BCUT2D eigenvalue weighted by molar-refractivity contribution is 7.22. The van der Waals surface area contributed by atoms with E-state index in [2.05, 4.69) is 20.8 Å². The molecule has 1 heterocycles. The molecule has 0 bridgehead atoms. The summed E-state index contributed by atoms with van der Waals surface area (Å²) in [5.74, 6) is -0.605. The fraction of sp³-hybridized carbons (Fsp3) is 0.0625. The Bertz CT molecular complexity index is 968. The minimum absolute atomic E-state index is 0.0436. The maximum absolute atomic E-state index is 11.8. The van der Waals surface area contributed by atoms with Gasteiger partial charge in [-0.15, -0.1) is 0 Å². The maximum Gasteiger partial charge on any atom is 0.270 e. The summed E-state index contributed by atoms with van der Waals surface area (Å²) in [7, 11) is 0. The van der Waals surface area contributed by atoms with E-state index in [1.165, 1.54) is 23.5 Å². The summed E-state index contributed by atoms with van der Waals surface area (Å²) in [4.78, 5) is 26.3. The quantitative estimate of drug-likeness (QED) is 0.347. The number of hydrogen-bond acceptors (Lipinski definition) is 8. The Labute approximate surface area is 151 Å². The van der Waals surface area contributed by atoms with Gasteiger partial charge in [0.1, 0.15) is 5.75 Å². The number of rotatable bonds is 6. The van der Waals surface area contributed by atoms with E-state index < -0.39 is 10.8 Å². The predicted molar refractivity (Wildman–Crippen MR) is 98.6 cm³/mol. The van der Waals surface area contributed by atoms with Gasteiger partial charge in [-0.1, -0.05) is 23.5 Å². The Morgan fingerprint density at radius 2 is 2.15 bits per heavy atom. The van der Waals surface area contributed by atoms with Crippen LogP contribution in [-0.4, -0.2) is 33.7 Å². The van der Waals surface area contributed by atoms with E-state index in [4.69, 9.17) is 0 Å². The molecular formula is C16H13N5O4S. The second-order valence-corrected chi connectivity index (χ2v) is 6.16. The highest BCUT2D eigenvalue weighted by atomic mass is 32.1. The number of hydrazone groups is 1. The number of thiazole rings is 1. The van der Waals surface area contributed by atoms with Crippen molar-refractivity contribution in [3.8, 4) is 5.75 Å². The number of hydrogen-bond donors (Lipinski definition) is 3. The average molecular weight is 371 g/mol. The molecule has 0 saturated heterocycles. The second-order valence-electron chi connectivity index (χ2n) is 5.13. The summed E-state index contributed by atoms with van der Waals surface area (Å²) in [5.41, 5.74) is 3.06. The molecule has 1 amide bonds. The SMILES string of the molecule is O=C(CNc1nc2ccccc2s1)N/N=C\c1cc([N+](=O)[O-])ccc1O. The van der Waals surface area contributed by atoms with Crippen LogP contribution in [0.1, 0.15) is 5.56 Å². The number of aromatic nitrogens is 1. The number of aromatic hydroxyl groups is 1. The van der Waals surface area contributed by atoms with Crippen LogP contribution in [0.25, 0.3) is 10.2 Å². The van der Waals surface area contributed by atoms with Crippen LogP contribution in [0.3, 0.4) is 0 Å². The van der Waals surface area contributed by atoms with Gasteiger partial charge in [-0.05, 0) is 18.2 Å². The topological polar surface area (TPSA) is 130 Å². The highest BCUT2D eigenvalue weighted by Crippen LogP contribution is 2.25. The summed E-state index contributed by atoms with van der Waals surface area (Å²) in [6, 6.07) is 11.1. The van der Waals surface area contributed by atoms with E-state index in [1.54, 1.807) is 0 Å². The number of fused-ring (bicyclic) bond motifs is 1. The maximum atomic E-state index is 11.8. The number of nitro groups is 1. The smallest absolute Gasteiger partial charge is 0.270 e. The first-order chi connectivity index (χ1) is 12.5. The van der Waals surface area contributed by atoms with E-state index in [1.807, 2.05) is 24.3 Å². The predicted octanol–water partition coefficient (Wildman–Crippen LogP) is 2.47. The number of carbonyl (C=O) groups is 1. The number of amides is 1. The van der Waals surface area contributed by atoms with Crippen LogP contribution in [0.4, 0.5) is 10.8 Å². The molecule has 9 nitrogen and oxygen atoms in total. The van der Waals surface area contributed by atoms with Crippen molar-refractivity contribution >= 4 is 44.5 Å². The Morgan fingerprint density at radius 1 is 1.35 bits per heavy atom. The van der Waals surface area contributed by atoms with Crippen LogP contribution in [0.5, 0.6) is 5.75 Å². The Balaban J connectivity index is 1.56. The Kier molecular flexibility index (Phi) is 5.04. The monoisotopic (exact) mass is 371 g/mol. The molecule has 0 atom stereocenters. The summed E-state index contributed by atoms with van der Waals surface area (Å²) in [6.07, 6.45) is 1.14. The number of phenolic OH excluding ortho intramolecular Hbond substituents is 1. The van der Waals surface area contributed by atoms with Gasteiger partial charge < -0.3 is 10.4 Å². The lowest BCUT2D eigenvalue weighted by Crippen LogP contribution is -2.25. The zero-order valence-electron chi connectivity index (χ0n) is 13.2. The third-order valence-corrected chi connectivity index (χ3v) is 4.30. The van der Waals surface area contributed by atoms with Crippen molar-refractivity contribution < 1.29 is 14.8 Å². The molecule has 1 aromatic heterocycles. The van der Waals surface area contributed by atoms with Crippen molar-refractivity contribution in [2.75, 3.05) is 11.9 Å². The van der Waals surface area contributed by atoms with Crippen LogP contribution < -0.4 is 10.7 Å². The molecule has 3 N–H and O–H groups in total. The second kappa shape index (κ2) is 7.57. The Morgan fingerprint density at radius 3 is 2.92 bits per heavy atom. The van der Waals surface area contributed by atoms with Gasteiger partial charge in [0.05, 0.1) is 27.9 Å². The number of phenols is 1. The molecule has 0 aliphatic carbocycles. The van der Waals surface area contributed by atoms with Gasteiger partial charge in [-0.3, -0.25) is 14.9 Å². The molecule has 26 heavy (non-hydrogen) atoms. The lowest BCUT2D eigenvalue weighted by atomic mass is 10.2. The molecule has 3 rings (SSSR count). The van der Waals surface area contributed by atoms with E-state index in [0.29, 0.717) is 5.13 Å². The van der Waals surface area contributed by atoms with Gasteiger partial charge in [0.25, 0.3) is 11.6 Å². The molecule has 0 aliphatic heterocycles. The standard InChI is InChI=1S/C16H13N5O4S/c22-13-6-5-11(21(24)25)7-10(13)8-18-20-15(23)9-17-16-19-12-3-1-2-4-14(12)26-16/h1-8,22H,9H2,(H,17,19)(H,20,23)/b18-8-. The zero-order valence-corrected chi connectivity index (χ0v) is 14.1. The summed E-state index contributed by atoms with van der Waals surface area (Å²) >= 11 is 1.43. The van der Waals surface area contributed by atoms with E-state index in [-0.39, 0.29) is 23.5 Å². The molecule has 0 radical (unpaired) electrons. The van der Waals surface area contributed by atoms with Gasteiger partial charge in [0.15, 0.2) is 5.13 Å². The number of nitro benzene ring substituents is 1. The molecule has 2 aromatic carbocycles. The number of anilines is 1. The van der Waals surface area contributed by atoms with Crippen LogP contribution in [0.2, 0.25) is 0 Å². The van der Waals surface area contributed by atoms with Crippen LogP contribution in [-0.2, 0) is 4.79 Å². The summed E-state index contributed by atoms with van der Waals surface area (Å²) in [5, 5.41) is 27.6. The largest absolute Gasteiger partial charge is 0.507 e. The fourth-order valence-corrected chi connectivity index (χ4v) is 2.94. The number of benzene rings is 2. The van der Waals surface area contributed by atoms with Crippen molar-refractivity contribution in [1.29, 1.82) is 0 Å². The van der Waals surface area contributed by atoms with Gasteiger partial charge >= 0.3 is 0 Å². The molecule has 0 spiro atoms. The average Bonchev–Trinajstić information content (AvgIpc) is 3.04. The minimum Gasteiger partial charge on any atom is -0.507 e. The molecule has 0 fully saturated rings. The van der Waals surface area contributed by atoms with Gasteiger partial charge in [0.2, 0.25) is 0 Å². The number of non-ortho nitro benzene ring substituents is 1. The summed E-state index contributed by atoms with van der Waals surface area (Å²) in [6.45, 7) is -0.0436. The van der Waals surface area contributed by atoms with Crippen LogP contribution in [0, 0.1) is 10.1 Å². The first-order valence-electron chi connectivity index (χ1n) is 7.41. The van der Waals surface area contributed by atoms with Crippen LogP contribution in [0.15, 0.2) is 47.6 Å². The third kappa shape index (κ3) is 4.11. The van der Waals surface area contributed by atoms with Crippen molar-refractivity contribution in [3.63, 3.8) is 0 Å². The first kappa shape index (κ1) is 17.3. The van der Waals surface area contributed by atoms with Crippen molar-refractivity contribution in [2.24, 2.45) is 5.10 Å². The summed E-state index contributed by atoms with van der Waals surface area (Å²) < 4.78 is 1.01. The molecular weight excluding hydrogens is 358 g/mol. The molecule has 3 aromatic rings. The van der Waals surface area contributed by atoms with Crippen molar-refractivity contribution in [2.45, 2.75) is 0 Å². The molecule has 132 valence electrons. The van der Waals surface area contributed by atoms with Crippen molar-refractivity contribution in [1.82, 2.24) is 10.4 Å². The lowest BCUT2D eigenvalue weighted by Gasteiger charge is -2.01.